The first kappa shape index (κ1) is 40.9. The van der Waals surface area contributed by atoms with E-state index in [4.69, 9.17) is 40.9 Å². The van der Waals surface area contributed by atoms with Gasteiger partial charge in [-0.3, -0.25) is 24.4 Å². The third-order valence-corrected chi connectivity index (χ3v) is 6.59. The van der Waals surface area contributed by atoms with E-state index in [-0.39, 0.29) is 67.4 Å². The van der Waals surface area contributed by atoms with Crippen LogP contribution in [0.3, 0.4) is 0 Å². The molecule has 272 valence electrons. The van der Waals surface area contributed by atoms with Crippen molar-refractivity contribution in [3.63, 3.8) is 0 Å². The summed E-state index contributed by atoms with van der Waals surface area (Å²) in [4.78, 5) is 53.0. The van der Waals surface area contributed by atoms with Crippen LogP contribution in [0.15, 0.2) is 53.5 Å². The highest BCUT2D eigenvalue weighted by molar-refractivity contribution is 5.95. The number of esters is 1. The highest BCUT2D eigenvalue weighted by Gasteiger charge is 2.18. The summed E-state index contributed by atoms with van der Waals surface area (Å²) in [6.07, 6.45) is 1.67. The summed E-state index contributed by atoms with van der Waals surface area (Å²) in [6.45, 7) is 7.09. The molecule has 0 spiro atoms. The van der Waals surface area contributed by atoms with Crippen LogP contribution in [0, 0.1) is 5.41 Å². The van der Waals surface area contributed by atoms with Crippen molar-refractivity contribution in [2.24, 2.45) is 5.73 Å². The van der Waals surface area contributed by atoms with Crippen molar-refractivity contribution in [2.45, 2.75) is 46.3 Å². The molecule has 0 fully saturated rings. The number of benzene rings is 2. The second-order valence-corrected chi connectivity index (χ2v) is 11.0. The Morgan fingerprint density at radius 2 is 1.60 bits per heavy atom. The maximum Gasteiger partial charge on any atom is 0.338 e. The minimum absolute atomic E-state index is 0.0144. The number of ether oxygens (including phenoxy) is 4. The van der Waals surface area contributed by atoms with Crippen molar-refractivity contribution >= 4 is 35.2 Å². The van der Waals surface area contributed by atoms with E-state index >= 15 is 0 Å². The summed E-state index contributed by atoms with van der Waals surface area (Å²) < 4.78 is 22.2. The minimum Gasteiger partial charge on any atom is -0.481 e. The summed E-state index contributed by atoms with van der Waals surface area (Å²) >= 11 is 0. The number of methoxy groups -OCH3 is 1. The first-order chi connectivity index (χ1) is 23.9. The predicted molar refractivity (Wildman–Crippen MR) is 188 cm³/mol. The summed E-state index contributed by atoms with van der Waals surface area (Å²) in [6, 6.07) is 11.4. The molecular weight excluding hydrogens is 650 g/mol. The lowest BCUT2D eigenvalue weighted by Crippen LogP contribution is -2.35. The lowest BCUT2D eigenvalue weighted by molar-refractivity contribution is -0.136. The van der Waals surface area contributed by atoms with Gasteiger partial charge in [-0.15, -0.1) is 0 Å². The quantitative estimate of drug-likeness (QED) is 0.0347. The van der Waals surface area contributed by atoms with Gasteiger partial charge in [-0.05, 0) is 37.6 Å². The number of nitrogen functional groups attached to an aromatic ring is 2. The van der Waals surface area contributed by atoms with Gasteiger partial charge in [-0.25, -0.2) is 9.78 Å². The number of rotatable bonds is 19. The Morgan fingerprint density at radius 1 is 0.980 bits per heavy atom. The molecule has 0 aliphatic rings. The third-order valence-electron chi connectivity index (χ3n) is 6.59. The lowest BCUT2D eigenvalue weighted by atomic mass is 10.1. The number of carboxylic acid groups (broad SMARTS) is 1. The van der Waals surface area contributed by atoms with Crippen LogP contribution in [0.4, 0.5) is 11.5 Å². The van der Waals surface area contributed by atoms with E-state index in [1.807, 2.05) is 13.8 Å². The van der Waals surface area contributed by atoms with Crippen molar-refractivity contribution in [1.29, 1.82) is 5.41 Å². The number of amidine groups is 1. The minimum atomic E-state index is -0.745. The first-order valence-electron chi connectivity index (χ1n) is 15.9. The van der Waals surface area contributed by atoms with Gasteiger partial charge in [0.2, 0.25) is 5.91 Å². The average molecular weight is 698 g/mol. The second-order valence-electron chi connectivity index (χ2n) is 11.0. The van der Waals surface area contributed by atoms with Gasteiger partial charge < -0.3 is 46.2 Å². The number of aliphatic carboxylic acids is 1. The summed E-state index contributed by atoms with van der Waals surface area (Å²) in [5.74, 6) is -1.78. The largest absolute Gasteiger partial charge is 0.481 e. The van der Waals surface area contributed by atoms with Crippen molar-refractivity contribution in [3.8, 4) is 11.3 Å². The Kier molecular flexibility index (Phi) is 17.7. The number of hydrogen-bond donors (Lipinski definition) is 6. The first-order valence-corrected chi connectivity index (χ1v) is 15.9. The molecule has 0 saturated carbocycles. The van der Waals surface area contributed by atoms with Gasteiger partial charge in [0.15, 0.2) is 5.82 Å². The molecule has 0 unspecified atom stereocenters. The Hall–Kier alpha value is -5.32. The van der Waals surface area contributed by atoms with Crippen LogP contribution in [0.5, 0.6) is 0 Å². The van der Waals surface area contributed by atoms with Crippen LogP contribution in [-0.2, 0) is 41.6 Å². The number of nitrogens with one attached hydrogen (secondary N) is 3. The number of carbonyl (C=O) groups is 3. The van der Waals surface area contributed by atoms with Crippen LogP contribution < -0.4 is 27.7 Å². The molecule has 0 bridgehead atoms. The van der Waals surface area contributed by atoms with E-state index in [9.17, 15) is 19.2 Å². The van der Waals surface area contributed by atoms with Crippen LogP contribution >= 0.6 is 0 Å². The molecule has 0 radical (unpaired) electrons. The molecule has 16 heteroatoms. The van der Waals surface area contributed by atoms with E-state index in [0.29, 0.717) is 37.6 Å². The van der Waals surface area contributed by atoms with Crippen LogP contribution in [0.1, 0.15) is 48.7 Å². The predicted octanol–water partition coefficient (Wildman–Crippen LogP) is 2.23. The SMILES string of the molecule is CCC(=O)O.COCCOCCOCCOC(=O)c1cc(N)cc(-c2cnc(NC(C)C)c(=O)n2CC(=O)NCc2ccc(C(=N)N)cc2)c1. The second kappa shape index (κ2) is 21.6. The molecule has 0 aliphatic carbocycles. The molecular formula is C34H47N7O9. The van der Waals surface area contributed by atoms with Gasteiger partial charge in [-0.2, -0.15) is 0 Å². The smallest absolute Gasteiger partial charge is 0.338 e. The zero-order chi connectivity index (χ0) is 37.1. The van der Waals surface area contributed by atoms with Gasteiger partial charge in [0.1, 0.15) is 19.0 Å². The zero-order valence-corrected chi connectivity index (χ0v) is 28.8. The molecule has 1 aromatic heterocycles. The summed E-state index contributed by atoms with van der Waals surface area (Å²) in [5.41, 5.74) is 13.6. The number of aromatic nitrogens is 2. The average Bonchev–Trinajstić information content (AvgIpc) is 3.08. The molecule has 50 heavy (non-hydrogen) atoms. The van der Waals surface area contributed by atoms with Gasteiger partial charge in [-0.1, -0.05) is 31.2 Å². The number of nitrogens with zero attached hydrogens (tertiary/aromatic N) is 2. The number of carbonyl (C=O) groups excluding carboxylic acids is 2. The summed E-state index contributed by atoms with van der Waals surface area (Å²) in [5, 5.41) is 21.0. The molecule has 3 aromatic rings. The highest BCUT2D eigenvalue weighted by Crippen LogP contribution is 2.24. The lowest BCUT2D eigenvalue weighted by Gasteiger charge is -2.17. The van der Waals surface area contributed by atoms with E-state index in [1.165, 1.54) is 22.9 Å². The number of hydrogen-bond acceptors (Lipinski definition) is 12. The standard InChI is InChI=1S/C31H41N7O7.C3H6O2/c1-20(2)37-29-30(40)38(19-27(39)35-17-21-4-6-22(7-5-21)28(33)34)26(18-36-29)23-14-24(16-25(32)15-23)31(41)45-13-12-44-11-10-43-9-8-42-3;1-2-3(4)5/h4-7,14-16,18,20H,8-13,17,19,32H2,1-3H3,(H3,33,34)(H,35,39)(H,36,37);2H2,1H3,(H,4,5). The number of nitrogens with two attached hydrogens (primary N) is 2. The molecule has 1 amide bonds. The Bertz CT molecular complexity index is 1630. The molecule has 1 heterocycles. The van der Waals surface area contributed by atoms with E-state index in [1.54, 1.807) is 44.4 Å². The maximum absolute atomic E-state index is 13.5. The Balaban J connectivity index is 0.00000161. The van der Waals surface area contributed by atoms with Crippen LogP contribution in [0.2, 0.25) is 0 Å². The molecule has 2 aromatic carbocycles. The van der Waals surface area contributed by atoms with E-state index in [0.717, 1.165) is 5.56 Å². The zero-order valence-electron chi connectivity index (χ0n) is 28.8. The van der Waals surface area contributed by atoms with Crippen LogP contribution in [-0.4, -0.2) is 91.1 Å². The molecule has 0 aliphatic heterocycles. The fraction of sp³-hybridized carbons (Fsp3) is 0.412. The topological polar surface area (TPSA) is 243 Å². The van der Waals surface area contributed by atoms with Crippen LogP contribution in [0.25, 0.3) is 11.3 Å². The van der Waals surface area contributed by atoms with Crippen molar-refractivity contribution in [3.05, 3.63) is 75.7 Å². The normalized spacial score (nSPS) is 10.6. The number of amides is 1. The highest BCUT2D eigenvalue weighted by atomic mass is 16.6. The Labute approximate surface area is 290 Å². The number of anilines is 2. The van der Waals surface area contributed by atoms with Gasteiger partial charge in [0.25, 0.3) is 5.56 Å². The van der Waals surface area contributed by atoms with E-state index < -0.39 is 23.4 Å². The fourth-order valence-corrected chi connectivity index (χ4v) is 4.11. The fourth-order valence-electron chi connectivity index (χ4n) is 4.11. The Morgan fingerprint density at radius 3 is 2.18 bits per heavy atom. The maximum atomic E-state index is 13.5. The van der Waals surface area contributed by atoms with Gasteiger partial charge in [0, 0.05) is 42.9 Å². The monoisotopic (exact) mass is 697 g/mol. The summed E-state index contributed by atoms with van der Waals surface area (Å²) in [7, 11) is 1.59. The van der Waals surface area contributed by atoms with E-state index in [2.05, 4.69) is 15.6 Å². The van der Waals surface area contributed by atoms with Gasteiger partial charge >= 0.3 is 11.9 Å². The van der Waals surface area contributed by atoms with Crippen molar-refractivity contribution < 1.29 is 38.4 Å². The van der Waals surface area contributed by atoms with Gasteiger partial charge in [0.05, 0.1) is 50.5 Å². The molecule has 8 N–H and O–H groups in total. The molecule has 0 saturated heterocycles. The molecule has 16 nitrogen and oxygen atoms in total. The number of carboxylic acids is 1. The third kappa shape index (κ3) is 14.4. The van der Waals surface area contributed by atoms with Crippen molar-refractivity contribution in [2.75, 3.05) is 57.8 Å². The molecule has 3 rings (SSSR count). The van der Waals surface area contributed by atoms with Crippen molar-refractivity contribution in [1.82, 2.24) is 14.9 Å². The molecule has 0 atom stereocenters.